The zero-order chi connectivity index (χ0) is 13.1. The summed E-state index contributed by atoms with van der Waals surface area (Å²) in [7, 11) is 0. The van der Waals surface area contributed by atoms with Gasteiger partial charge in [0.25, 0.3) is 5.91 Å². The number of amides is 1. The molecular formula is C10H6Cl2N4O2. The van der Waals surface area contributed by atoms with Crippen LogP contribution in [0.1, 0.15) is 10.5 Å². The number of hydrogen-bond donors (Lipinski definition) is 2. The molecule has 6 nitrogen and oxygen atoms in total. The summed E-state index contributed by atoms with van der Waals surface area (Å²) in [5.74, 6) is -0.381. The topological polar surface area (TPSA) is 87.7 Å². The lowest BCUT2D eigenvalue weighted by Crippen LogP contribution is -2.18. The molecule has 2 N–H and O–H groups in total. The highest BCUT2D eigenvalue weighted by molar-refractivity contribution is 6.32. The van der Waals surface area contributed by atoms with Gasteiger partial charge in [-0.3, -0.25) is 9.59 Å². The lowest BCUT2D eigenvalue weighted by molar-refractivity contribution is 0.102. The predicted molar refractivity (Wildman–Crippen MR) is 67.1 cm³/mol. The van der Waals surface area contributed by atoms with Crippen LogP contribution in [0.4, 0.5) is 5.82 Å². The van der Waals surface area contributed by atoms with Crippen molar-refractivity contribution in [3.8, 4) is 0 Å². The molecule has 0 aliphatic heterocycles. The Hall–Kier alpha value is -1.92. The summed E-state index contributed by atoms with van der Waals surface area (Å²) in [6, 6.07) is 5.57. The molecule has 2 rings (SSSR count). The molecule has 1 amide bonds. The summed E-state index contributed by atoms with van der Waals surface area (Å²) < 4.78 is 0. The summed E-state index contributed by atoms with van der Waals surface area (Å²) >= 11 is 11.2. The lowest BCUT2D eigenvalue weighted by Gasteiger charge is -2.04. The van der Waals surface area contributed by atoms with E-state index in [1.54, 1.807) is 0 Å². The summed E-state index contributed by atoms with van der Waals surface area (Å²) in [5, 5.41) is 2.46. The number of carbonyl (C=O) groups excluding carboxylic acids is 1. The Bertz CT molecular complexity index is 636. The zero-order valence-corrected chi connectivity index (χ0v) is 10.3. The van der Waals surface area contributed by atoms with Gasteiger partial charge in [-0.05, 0) is 17.7 Å². The van der Waals surface area contributed by atoms with Gasteiger partial charge in [0.05, 0.1) is 0 Å². The third kappa shape index (κ3) is 3.06. The van der Waals surface area contributed by atoms with Gasteiger partial charge >= 0.3 is 0 Å². The van der Waals surface area contributed by atoms with E-state index in [0.717, 1.165) is 0 Å². The smallest absolute Gasteiger partial charge is 0.273 e. The molecule has 0 fully saturated rings. The van der Waals surface area contributed by atoms with Gasteiger partial charge in [0.2, 0.25) is 10.8 Å². The molecule has 0 spiro atoms. The summed E-state index contributed by atoms with van der Waals surface area (Å²) in [6.07, 6.45) is 0. The highest BCUT2D eigenvalue weighted by Gasteiger charge is 2.09. The van der Waals surface area contributed by atoms with E-state index in [1.165, 1.54) is 24.3 Å². The second kappa shape index (κ2) is 5.16. The van der Waals surface area contributed by atoms with E-state index in [0.29, 0.717) is 0 Å². The van der Waals surface area contributed by atoms with E-state index in [1.807, 2.05) is 0 Å². The molecule has 0 aliphatic rings. The maximum atomic E-state index is 11.8. The Kier molecular flexibility index (Phi) is 3.59. The molecule has 0 unspecified atom stereocenters. The quantitative estimate of drug-likeness (QED) is 0.649. The second-order valence-electron chi connectivity index (χ2n) is 3.23. The third-order valence-corrected chi connectivity index (χ3v) is 2.28. The van der Waals surface area contributed by atoms with Gasteiger partial charge in [0.15, 0.2) is 0 Å². The minimum Gasteiger partial charge on any atom is -0.318 e. The standard InChI is InChI=1S/C10H6Cl2N4O2/c11-6-4-7(16-10(12)14-6)15-9(18)5-2-1-3-8(17)13-5/h1-4H,(H,13,17)(H,14,15,16,18). The minimum absolute atomic E-state index is 0.0839. The maximum Gasteiger partial charge on any atom is 0.273 e. The monoisotopic (exact) mass is 284 g/mol. The minimum atomic E-state index is -0.529. The highest BCUT2D eigenvalue weighted by atomic mass is 35.5. The number of rotatable bonds is 2. The van der Waals surface area contributed by atoms with E-state index in [4.69, 9.17) is 23.2 Å². The zero-order valence-electron chi connectivity index (χ0n) is 8.78. The first-order chi connectivity index (χ1) is 8.54. The highest BCUT2D eigenvalue weighted by Crippen LogP contribution is 2.14. The van der Waals surface area contributed by atoms with Crippen molar-refractivity contribution in [2.75, 3.05) is 5.32 Å². The van der Waals surface area contributed by atoms with Crippen LogP contribution >= 0.6 is 23.2 Å². The normalized spacial score (nSPS) is 10.1. The van der Waals surface area contributed by atoms with Crippen LogP contribution in [-0.4, -0.2) is 20.9 Å². The first-order valence-electron chi connectivity index (χ1n) is 4.75. The Morgan fingerprint density at radius 1 is 1.28 bits per heavy atom. The molecule has 0 aromatic carbocycles. The number of carbonyl (C=O) groups is 1. The summed E-state index contributed by atoms with van der Waals surface area (Å²) in [4.78, 5) is 32.6. The van der Waals surface area contributed by atoms with Crippen molar-refractivity contribution in [2.24, 2.45) is 0 Å². The van der Waals surface area contributed by atoms with Gasteiger partial charge in [-0.2, -0.15) is 0 Å². The van der Waals surface area contributed by atoms with Gasteiger partial charge < -0.3 is 10.3 Å². The number of hydrogen-bond acceptors (Lipinski definition) is 4. The fourth-order valence-corrected chi connectivity index (χ4v) is 1.63. The van der Waals surface area contributed by atoms with Crippen LogP contribution in [0.2, 0.25) is 10.4 Å². The molecule has 2 aromatic heterocycles. The maximum absolute atomic E-state index is 11.8. The van der Waals surface area contributed by atoms with Crippen LogP contribution in [0.25, 0.3) is 0 Å². The SMILES string of the molecule is O=C(Nc1cc(Cl)nc(Cl)n1)c1cccc(=O)[nH]1. The molecule has 0 saturated carbocycles. The van der Waals surface area contributed by atoms with Crippen LogP contribution in [0.3, 0.4) is 0 Å². The van der Waals surface area contributed by atoms with Gasteiger partial charge in [-0.1, -0.05) is 17.7 Å². The molecule has 8 heteroatoms. The van der Waals surface area contributed by atoms with Crippen molar-refractivity contribution in [1.82, 2.24) is 15.0 Å². The first kappa shape index (κ1) is 12.5. The number of aromatic nitrogens is 3. The number of pyridine rings is 1. The predicted octanol–water partition coefficient (Wildman–Crippen LogP) is 1.72. The van der Waals surface area contributed by atoms with Crippen LogP contribution in [0, 0.1) is 0 Å². The fraction of sp³-hybridized carbons (Fsp3) is 0. The van der Waals surface area contributed by atoms with Crippen LogP contribution in [0.5, 0.6) is 0 Å². The molecule has 0 bridgehead atoms. The first-order valence-corrected chi connectivity index (χ1v) is 5.51. The van der Waals surface area contributed by atoms with E-state index < -0.39 is 5.91 Å². The van der Waals surface area contributed by atoms with E-state index in [9.17, 15) is 9.59 Å². The molecule has 0 saturated heterocycles. The molecular weight excluding hydrogens is 279 g/mol. The third-order valence-electron chi connectivity index (χ3n) is 1.92. The Morgan fingerprint density at radius 2 is 2.06 bits per heavy atom. The second-order valence-corrected chi connectivity index (χ2v) is 3.95. The molecule has 0 radical (unpaired) electrons. The Balaban J connectivity index is 2.24. The molecule has 92 valence electrons. The average molecular weight is 285 g/mol. The van der Waals surface area contributed by atoms with Crippen LogP contribution in [0.15, 0.2) is 29.1 Å². The fourth-order valence-electron chi connectivity index (χ4n) is 1.22. The Labute approximate surface area is 111 Å². The number of aromatic amines is 1. The largest absolute Gasteiger partial charge is 0.318 e. The molecule has 2 aromatic rings. The van der Waals surface area contributed by atoms with Crippen molar-refractivity contribution in [2.45, 2.75) is 0 Å². The van der Waals surface area contributed by atoms with E-state index in [2.05, 4.69) is 20.3 Å². The average Bonchev–Trinajstić information content (AvgIpc) is 2.27. The molecule has 0 atom stereocenters. The molecule has 2 heterocycles. The van der Waals surface area contributed by atoms with Crippen molar-refractivity contribution < 1.29 is 4.79 Å². The molecule has 0 aliphatic carbocycles. The number of H-pyrrole nitrogens is 1. The van der Waals surface area contributed by atoms with Gasteiger partial charge in [-0.25, -0.2) is 9.97 Å². The van der Waals surface area contributed by atoms with Crippen molar-refractivity contribution >= 4 is 34.9 Å². The van der Waals surface area contributed by atoms with E-state index >= 15 is 0 Å². The van der Waals surface area contributed by atoms with Crippen molar-refractivity contribution in [3.63, 3.8) is 0 Å². The van der Waals surface area contributed by atoms with E-state index in [-0.39, 0.29) is 27.5 Å². The summed E-state index contributed by atoms with van der Waals surface area (Å²) in [6.45, 7) is 0. The van der Waals surface area contributed by atoms with Crippen LogP contribution in [-0.2, 0) is 0 Å². The van der Waals surface area contributed by atoms with Gasteiger partial charge in [0, 0.05) is 12.1 Å². The number of halogens is 2. The number of anilines is 1. The Morgan fingerprint density at radius 3 is 2.72 bits per heavy atom. The number of nitrogens with one attached hydrogen (secondary N) is 2. The lowest BCUT2D eigenvalue weighted by atomic mass is 10.3. The van der Waals surface area contributed by atoms with Gasteiger partial charge in [-0.15, -0.1) is 0 Å². The number of nitrogens with zero attached hydrogens (tertiary/aromatic N) is 2. The van der Waals surface area contributed by atoms with Crippen LogP contribution < -0.4 is 10.9 Å². The van der Waals surface area contributed by atoms with Gasteiger partial charge in [0.1, 0.15) is 16.7 Å². The summed E-state index contributed by atoms with van der Waals surface area (Å²) in [5.41, 5.74) is -0.269. The molecule has 18 heavy (non-hydrogen) atoms. The van der Waals surface area contributed by atoms with Crippen molar-refractivity contribution in [3.05, 3.63) is 50.7 Å². The van der Waals surface area contributed by atoms with Crippen molar-refractivity contribution in [1.29, 1.82) is 0 Å².